The molecule has 5 aromatic rings. The fourth-order valence-electron chi connectivity index (χ4n) is 7.50. The molecule has 248 valence electrons. The van der Waals surface area contributed by atoms with Crippen LogP contribution in [0.2, 0.25) is 0 Å². The van der Waals surface area contributed by atoms with E-state index in [2.05, 4.69) is 179 Å². The minimum Gasteiger partial charge on any atom is -0.359 e. The van der Waals surface area contributed by atoms with Crippen LogP contribution in [-0.4, -0.2) is 17.8 Å². The first kappa shape index (κ1) is 30.8. The fourth-order valence-corrected chi connectivity index (χ4v) is 7.50. The van der Waals surface area contributed by atoms with Gasteiger partial charge in [0, 0.05) is 11.3 Å². The first-order valence-electron chi connectivity index (χ1n) is 17.9. The molecule has 0 amide bonds. The number of anilines is 3. The standard InChI is InChI=1S/C46H39N5/c1-5-16-32(17-6-1)37-29-38(31-39(30-37)45-49-43(33-18-7-2-8-19-33)48-44(50-45)34-20-9-3-10-21-34)35-22-15-23-36(28-35)46-47-41-26-13-14-27-42(41)51(46)40-24-11-4-12-25-40/h1-9,11-14,16-20,23-31,43,46-47H,10,15,21-22H2,(H,48,49,50). The molecule has 0 aromatic heterocycles. The van der Waals surface area contributed by atoms with Crippen molar-refractivity contribution >= 4 is 34.3 Å². The molecule has 4 aliphatic rings. The van der Waals surface area contributed by atoms with Crippen molar-refractivity contribution in [2.75, 3.05) is 10.2 Å². The van der Waals surface area contributed by atoms with E-state index in [1.165, 1.54) is 39.2 Å². The Balaban J connectivity index is 1.14. The molecule has 0 saturated carbocycles. The molecule has 5 nitrogen and oxygen atoms in total. The lowest BCUT2D eigenvalue weighted by Gasteiger charge is -2.30. The van der Waals surface area contributed by atoms with Crippen LogP contribution in [-0.2, 0) is 0 Å². The van der Waals surface area contributed by atoms with Gasteiger partial charge in [-0.1, -0.05) is 121 Å². The zero-order valence-corrected chi connectivity index (χ0v) is 28.4. The number of fused-ring (bicyclic) bond motifs is 1. The van der Waals surface area contributed by atoms with Crippen molar-refractivity contribution in [2.45, 2.75) is 38.0 Å². The molecule has 0 radical (unpaired) electrons. The minimum absolute atomic E-state index is 0.0118. The molecule has 51 heavy (non-hydrogen) atoms. The molecule has 2 unspecified atom stereocenters. The van der Waals surface area contributed by atoms with Gasteiger partial charge in [-0.3, -0.25) is 0 Å². The Kier molecular flexibility index (Phi) is 8.22. The molecule has 9 rings (SSSR count). The highest BCUT2D eigenvalue weighted by Crippen LogP contribution is 2.43. The van der Waals surface area contributed by atoms with E-state index in [-0.39, 0.29) is 12.3 Å². The molecule has 2 atom stereocenters. The summed E-state index contributed by atoms with van der Waals surface area (Å²) in [6, 6.07) is 47.3. The SMILES string of the molecule is C1=CCCC(C2=NC(c3cc(C4=CC(C5Nc6ccccc6N5c5ccccc5)=CCC4)cc(-c4ccccc4)c3)=NC(c3ccccc3)N2)=C1. The van der Waals surface area contributed by atoms with Gasteiger partial charge in [-0.25, -0.2) is 9.98 Å². The molecule has 0 fully saturated rings. The summed E-state index contributed by atoms with van der Waals surface area (Å²) < 4.78 is 0. The third-order valence-corrected chi connectivity index (χ3v) is 10.0. The average molecular weight is 662 g/mol. The van der Waals surface area contributed by atoms with Crippen LogP contribution in [0, 0.1) is 0 Å². The number of aliphatic imine (C=N–C) groups is 2. The normalized spacial score (nSPS) is 19.5. The lowest BCUT2D eigenvalue weighted by Crippen LogP contribution is -2.34. The lowest BCUT2D eigenvalue weighted by molar-refractivity contribution is 0.671. The molecular weight excluding hydrogens is 623 g/mol. The van der Waals surface area contributed by atoms with E-state index in [1.807, 2.05) is 0 Å². The Morgan fingerprint density at radius 1 is 0.627 bits per heavy atom. The minimum atomic E-state index is -0.230. The Labute approximate surface area is 299 Å². The zero-order chi connectivity index (χ0) is 34.0. The summed E-state index contributed by atoms with van der Waals surface area (Å²) in [7, 11) is 0. The number of rotatable bonds is 7. The number of hydrogen-bond donors (Lipinski definition) is 2. The van der Waals surface area contributed by atoms with E-state index >= 15 is 0 Å². The molecule has 2 N–H and O–H groups in total. The second-order valence-corrected chi connectivity index (χ2v) is 13.4. The highest BCUT2D eigenvalue weighted by Gasteiger charge is 2.32. The summed E-state index contributed by atoms with van der Waals surface area (Å²) in [5.74, 6) is 1.65. The third-order valence-electron chi connectivity index (χ3n) is 10.0. The van der Waals surface area contributed by atoms with Gasteiger partial charge in [-0.15, -0.1) is 0 Å². The van der Waals surface area contributed by atoms with Gasteiger partial charge in [0.25, 0.3) is 0 Å². The van der Waals surface area contributed by atoms with Gasteiger partial charge in [-0.05, 0) is 107 Å². The number of hydrogen-bond acceptors (Lipinski definition) is 5. The van der Waals surface area contributed by atoms with Crippen molar-refractivity contribution in [1.29, 1.82) is 0 Å². The smallest absolute Gasteiger partial charge is 0.159 e. The zero-order valence-electron chi connectivity index (χ0n) is 28.4. The van der Waals surface area contributed by atoms with Crippen LogP contribution in [0.4, 0.5) is 17.1 Å². The largest absolute Gasteiger partial charge is 0.359 e. The van der Waals surface area contributed by atoms with E-state index in [9.17, 15) is 0 Å². The Bertz CT molecular complexity index is 2260. The van der Waals surface area contributed by atoms with Crippen LogP contribution in [0.5, 0.6) is 0 Å². The number of amidine groups is 2. The number of nitrogens with zero attached hydrogens (tertiary/aromatic N) is 3. The first-order chi connectivity index (χ1) is 25.3. The van der Waals surface area contributed by atoms with Crippen LogP contribution in [0.15, 0.2) is 185 Å². The molecule has 2 aliphatic carbocycles. The molecule has 5 aromatic carbocycles. The van der Waals surface area contributed by atoms with E-state index in [0.29, 0.717) is 0 Å². The van der Waals surface area contributed by atoms with E-state index in [1.54, 1.807) is 0 Å². The Hall–Kier alpha value is -6.20. The van der Waals surface area contributed by atoms with Gasteiger partial charge in [0.1, 0.15) is 18.2 Å². The topological polar surface area (TPSA) is 52.0 Å². The van der Waals surface area contributed by atoms with Crippen LogP contribution >= 0.6 is 0 Å². The second kappa shape index (κ2) is 13.6. The summed E-state index contributed by atoms with van der Waals surface area (Å²) in [5.41, 5.74) is 13.0. The maximum atomic E-state index is 5.26. The summed E-state index contributed by atoms with van der Waals surface area (Å²) in [5, 5.41) is 7.50. The van der Waals surface area contributed by atoms with Gasteiger partial charge < -0.3 is 15.5 Å². The van der Waals surface area contributed by atoms with E-state index in [4.69, 9.17) is 9.98 Å². The van der Waals surface area contributed by atoms with Crippen LogP contribution in [0.1, 0.15) is 48.5 Å². The predicted molar refractivity (Wildman–Crippen MR) is 212 cm³/mol. The Morgan fingerprint density at radius 3 is 2.14 bits per heavy atom. The van der Waals surface area contributed by atoms with Crippen molar-refractivity contribution in [2.24, 2.45) is 9.98 Å². The molecule has 0 spiro atoms. The van der Waals surface area contributed by atoms with E-state index < -0.39 is 0 Å². The predicted octanol–water partition coefficient (Wildman–Crippen LogP) is 10.8. The van der Waals surface area contributed by atoms with Gasteiger partial charge in [0.15, 0.2) is 5.84 Å². The van der Waals surface area contributed by atoms with Crippen molar-refractivity contribution in [3.63, 3.8) is 0 Å². The molecule has 2 heterocycles. The molecule has 5 heteroatoms. The second-order valence-electron chi connectivity index (χ2n) is 13.4. The fraction of sp³-hybridized carbons (Fsp3) is 0.130. The van der Waals surface area contributed by atoms with Crippen molar-refractivity contribution in [3.8, 4) is 11.1 Å². The van der Waals surface area contributed by atoms with Gasteiger partial charge >= 0.3 is 0 Å². The quantitative estimate of drug-likeness (QED) is 0.183. The van der Waals surface area contributed by atoms with Crippen LogP contribution < -0.4 is 15.5 Å². The first-order valence-corrected chi connectivity index (χ1v) is 17.9. The summed E-state index contributed by atoms with van der Waals surface area (Å²) >= 11 is 0. The molecule has 0 bridgehead atoms. The lowest BCUT2D eigenvalue weighted by atomic mass is 9.89. The molecule has 0 saturated heterocycles. The number of nitrogens with one attached hydrogen (secondary N) is 2. The van der Waals surface area contributed by atoms with Gasteiger partial charge in [0.2, 0.25) is 0 Å². The summed E-state index contributed by atoms with van der Waals surface area (Å²) in [6.45, 7) is 0. The highest BCUT2D eigenvalue weighted by atomic mass is 15.3. The highest BCUT2D eigenvalue weighted by molar-refractivity contribution is 6.13. The molecular formula is C46H39N5. The van der Waals surface area contributed by atoms with Crippen LogP contribution in [0.3, 0.4) is 0 Å². The van der Waals surface area contributed by atoms with Crippen LogP contribution in [0.25, 0.3) is 16.7 Å². The van der Waals surface area contributed by atoms with Gasteiger partial charge in [-0.2, -0.15) is 0 Å². The van der Waals surface area contributed by atoms with Gasteiger partial charge in [0.05, 0.1) is 11.4 Å². The summed E-state index contributed by atoms with van der Waals surface area (Å²) in [6.07, 6.45) is 15.0. The van der Waals surface area contributed by atoms with Crippen molar-refractivity contribution in [1.82, 2.24) is 5.32 Å². The maximum Gasteiger partial charge on any atom is 0.159 e. The average Bonchev–Trinajstić information content (AvgIpc) is 3.62. The third kappa shape index (κ3) is 6.23. The molecule has 2 aliphatic heterocycles. The monoisotopic (exact) mass is 661 g/mol. The number of para-hydroxylation sites is 3. The Morgan fingerprint density at radius 2 is 1.33 bits per heavy atom. The number of allylic oxidation sites excluding steroid dienone is 5. The van der Waals surface area contributed by atoms with Crippen molar-refractivity contribution < 1.29 is 0 Å². The number of benzene rings is 5. The maximum absolute atomic E-state index is 5.26. The summed E-state index contributed by atoms with van der Waals surface area (Å²) in [4.78, 5) is 12.9. The van der Waals surface area contributed by atoms with Crippen molar-refractivity contribution in [3.05, 3.63) is 192 Å². The van der Waals surface area contributed by atoms with E-state index in [0.717, 1.165) is 59.7 Å².